The van der Waals surface area contributed by atoms with Gasteiger partial charge in [-0.1, -0.05) is 12.1 Å². The van der Waals surface area contributed by atoms with E-state index in [1.165, 1.54) is 0 Å². The number of ether oxygens (including phenoxy) is 1. The zero-order valence-electron chi connectivity index (χ0n) is 13.0. The van der Waals surface area contributed by atoms with Crippen LogP contribution in [-0.4, -0.2) is 37.8 Å². The maximum absolute atomic E-state index is 11.5. The number of anilines is 1. The van der Waals surface area contributed by atoms with Crippen LogP contribution in [0.15, 0.2) is 23.1 Å². The van der Waals surface area contributed by atoms with Crippen LogP contribution in [0.25, 0.3) is 6.08 Å². The monoisotopic (exact) mass is 335 g/mol. The Morgan fingerprint density at radius 1 is 1.48 bits per heavy atom. The number of piperidine rings is 1. The fourth-order valence-electron chi connectivity index (χ4n) is 2.73. The third kappa shape index (κ3) is 4.27. The number of primary amides is 1. The molecule has 1 fully saturated rings. The lowest BCUT2D eigenvalue weighted by Gasteiger charge is -2.34. The summed E-state index contributed by atoms with van der Waals surface area (Å²) in [5, 5.41) is 0. The van der Waals surface area contributed by atoms with E-state index >= 15 is 0 Å². The van der Waals surface area contributed by atoms with E-state index in [4.69, 9.17) is 16.2 Å². The summed E-state index contributed by atoms with van der Waals surface area (Å²) in [6.45, 7) is 1.58. The number of amides is 1. The maximum atomic E-state index is 11.5. The molecule has 1 heterocycles. The minimum atomic E-state index is -0.633. The topological polar surface area (TPSA) is 98.6 Å². The van der Waals surface area contributed by atoms with Crippen molar-refractivity contribution in [2.45, 2.75) is 18.9 Å². The third-order valence-electron chi connectivity index (χ3n) is 3.73. The first-order valence-electron chi connectivity index (χ1n) is 7.36. The molecule has 1 amide bonds. The van der Waals surface area contributed by atoms with Gasteiger partial charge in [-0.05, 0) is 36.7 Å². The molecule has 1 aromatic carbocycles. The van der Waals surface area contributed by atoms with Crippen molar-refractivity contribution in [3.05, 3.63) is 28.7 Å². The van der Waals surface area contributed by atoms with Gasteiger partial charge in [0, 0.05) is 24.7 Å². The zero-order chi connectivity index (χ0) is 16.8. The molecular formula is C16H21N3O3S. The molecule has 1 aromatic rings. The number of methoxy groups -OCH3 is 1. The van der Waals surface area contributed by atoms with Crippen LogP contribution in [0.1, 0.15) is 18.4 Å². The minimum Gasteiger partial charge on any atom is -0.495 e. The number of hydrogen-bond donors (Lipinski definition) is 2. The number of benzene rings is 1. The van der Waals surface area contributed by atoms with E-state index in [0.29, 0.717) is 17.9 Å². The van der Waals surface area contributed by atoms with Crippen molar-refractivity contribution in [2.75, 3.05) is 25.1 Å². The minimum absolute atomic E-state index is 0.102. The summed E-state index contributed by atoms with van der Waals surface area (Å²) in [5.41, 5.74) is 13.7. The predicted molar refractivity (Wildman–Crippen MR) is 93.9 cm³/mol. The number of thioether (sulfide) groups is 1. The molecule has 0 radical (unpaired) electrons. The van der Waals surface area contributed by atoms with Gasteiger partial charge in [0.2, 0.25) is 0 Å². The number of nitrogens with two attached hydrogens (primary N) is 2. The van der Waals surface area contributed by atoms with E-state index in [1.54, 1.807) is 13.2 Å². The molecule has 1 atom stereocenters. The molecule has 1 aliphatic rings. The Kier molecular flexibility index (Phi) is 6.06. The smallest absolute Gasteiger partial charge is 0.255 e. The number of nitrogens with zero attached hydrogens (tertiary/aromatic N) is 1. The Labute approximate surface area is 139 Å². The van der Waals surface area contributed by atoms with Crippen molar-refractivity contribution in [1.82, 2.24) is 0 Å². The fraction of sp³-hybridized carbons (Fsp3) is 0.375. The van der Waals surface area contributed by atoms with Crippen LogP contribution in [0.5, 0.6) is 5.75 Å². The second-order valence-corrected chi connectivity index (χ2v) is 6.20. The van der Waals surface area contributed by atoms with Crippen LogP contribution >= 0.6 is 11.8 Å². The van der Waals surface area contributed by atoms with Crippen LogP contribution in [0.3, 0.4) is 0 Å². The molecule has 6 nitrogen and oxygen atoms in total. The van der Waals surface area contributed by atoms with Gasteiger partial charge >= 0.3 is 0 Å². The van der Waals surface area contributed by atoms with Crippen LogP contribution in [-0.2, 0) is 9.59 Å². The average molecular weight is 335 g/mol. The van der Waals surface area contributed by atoms with Crippen LogP contribution in [0.2, 0.25) is 0 Å². The molecule has 0 aromatic heterocycles. The van der Waals surface area contributed by atoms with Gasteiger partial charge in [-0.25, -0.2) is 0 Å². The van der Waals surface area contributed by atoms with Crippen molar-refractivity contribution in [3.8, 4) is 5.75 Å². The molecule has 0 spiro atoms. The first-order valence-corrected chi connectivity index (χ1v) is 8.24. The third-order valence-corrected chi connectivity index (χ3v) is 4.40. The molecule has 2 rings (SSSR count). The van der Waals surface area contributed by atoms with Gasteiger partial charge in [-0.3, -0.25) is 9.59 Å². The van der Waals surface area contributed by atoms with Gasteiger partial charge < -0.3 is 21.1 Å². The first-order chi connectivity index (χ1) is 11.1. The van der Waals surface area contributed by atoms with Gasteiger partial charge in [0.15, 0.2) is 5.62 Å². The molecule has 1 aliphatic heterocycles. The lowest BCUT2D eigenvalue weighted by molar-refractivity contribution is -0.113. The highest BCUT2D eigenvalue weighted by Gasteiger charge is 2.22. The molecule has 7 heteroatoms. The lowest BCUT2D eigenvalue weighted by atomic mass is 10.0. The van der Waals surface area contributed by atoms with E-state index in [9.17, 15) is 9.59 Å². The number of hydrogen-bond acceptors (Lipinski definition) is 6. The fourth-order valence-corrected chi connectivity index (χ4v) is 3.14. The molecule has 4 N–H and O–H groups in total. The number of carbonyl (C=O) groups is 2. The highest BCUT2D eigenvalue weighted by Crippen LogP contribution is 2.36. The van der Waals surface area contributed by atoms with E-state index in [1.807, 2.05) is 18.2 Å². The number of para-hydroxylation sites is 1. The largest absolute Gasteiger partial charge is 0.495 e. The summed E-state index contributed by atoms with van der Waals surface area (Å²) in [4.78, 5) is 24.6. The molecule has 124 valence electrons. The molecule has 0 bridgehead atoms. The lowest BCUT2D eigenvalue weighted by Crippen LogP contribution is -2.43. The van der Waals surface area contributed by atoms with Crippen molar-refractivity contribution in [2.24, 2.45) is 11.5 Å². The Morgan fingerprint density at radius 3 is 2.87 bits per heavy atom. The van der Waals surface area contributed by atoms with E-state index < -0.39 is 5.91 Å². The van der Waals surface area contributed by atoms with Crippen molar-refractivity contribution in [1.29, 1.82) is 0 Å². The average Bonchev–Trinajstić information content (AvgIpc) is 2.54. The Balaban J connectivity index is 2.48. The molecule has 0 aliphatic carbocycles. The Bertz CT molecular complexity index is 619. The first kappa shape index (κ1) is 17.4. The SMILES string of the molecule is COc1cccc(/C=C(\SC=O)C(N)=O)c1N1CCC[C@@H](N)C1. The quantitative estimate of drug-likeness (QED) is 0.602. The maximum Gasteiger partial charge on any atom is 0.255 e. The summed E-state index contributed by atoms with van der Waals surface area (Å²) in [5.74, 6) is 0.0685. The Hall–Kier alpha value is -1.99. The highest BCUT2D eigenvalue weighted by atomic mass is 32.2. The second kappa shape index (κ2) is 8.03. The summed E-state index contributed by atoms with van der Waals surface area (Å²) in [7, 11) is 1.60. The summed E-state index contributed by atoms with van der Waals surface area (Å²) in [6, 6.07) is 5.67. The van der Waals surface area contributed by atoms with Crippen molar-refractivity contribution >= 4 is 35.1 Å². The van der Waals surface area contributed by atoms with E-state index in [2.05, 4.69) is 4.90 Å². The van der Waals surface area contributed by atoms with Crippen molar-refractivity contribution < 1.29 is 14.3 Å². The molecular weight excluding hydrogens is 314 g/mol. The van der Waals surface area contributed by atoms with Gasteiger partial charge in [0.25, 0.3) is 5.91 Å². The van der Waals surface area contributed by atoms with Gasteiger partial charge in [0.05, 0.1) is 17.7 Å². The zero-order valence-corrected chi connectivity index (χ0v) is 13.8. The van der Waals surface area contributed by atoms with Crippen LogP contribution in [0.4, 0.5) is 5.69 Å². The molecule has 1 saturated heterocycles. The predicted octanol–water partition coefficient (Wildman–Crippen LogP) is 1.37. The number of carbonyl (C=O) groups excluding carboxylic acids is 2. The van der Waals surface area contributed by atoms with Gasteiger partial charge in [-0.2, -0.15) is 0 Å². The van der Waals surface area contributed by atoms with E-state index in [-0.39, 0.29) is 10.9 Å². The van der Waals surface area contributed by atoms with Crippen molar-refractivity contribution in [3.63, 3.8) is 0 Å². The summed E-state index contributed by atoms with van der Waals surface area (Å²) >= 11 is 0.771. The normalized spacial score (nSPS) is 18.6. The second-order valence-electron chi connectivity index (χ2n) is 5.33. The van der Waals surface area contributed by atoms with E-state index in [0.717, 1.165) is 42.4 Å². The van der Waals surface area contributed by atoms with Crippen LogP contribution in [0, 0.1) is 0 Å². The summed E-state index contributed by atoms with van der Waals surface area (Å²) < 4.78 is 5.47. The highest BCUT2D eigenvalue weighted by molar-refractivity contribution is 8.16. The Morgan fingerprint density at radius 2 is 2.26 bits per heavy atom. The van der Waals surface area contributed by atoms with Gasteiger partial charge in [-0.15, -0.1) is 0 Å². The summed E-state index contributed by atoms with van der Waals surface area (Å²) in [6.07, 6.45) is 3.61. The number of rotatable bonds is 6. The van der Waals surface area contributed by atoms with Crippen LogP contribution < -0.4 is 21.1 Å². The molecule has 23 heavy (non-hydrogen) atoms. The standard InChI is InChI=1S/C16H21N3O3S/c1-22-13-6-2-4-11(8-14(16(18)21)23-10-20)15(13)19-7-3-5-12(17)9-19/h2,4,6,8,10,12H,3,5,7,9,17H2,1H3,(H2,18,21)/b14-8-/t12-/m1/s1. The van der Waals surface area contributed by atoms with Gasteiger partial charge in [0.1, 0.15) is 5.75 Å². The molecule has 0 saturated carbocycles. The molecule has 0 unspecified atom stereocenters.